The van der Waals surface area contributed by atoms with E-state index in [1.54, 1.807) is 21.6 Å². The van der Waals surface area contributed by atoms with Gasteiger partial charge < -0.3 is 34.4 Å². The molecule has 3 aromatic rings. The fourth-order valence-electron chi connectivity index (χ4n) is 6.34. The van der Waals surface area contributed by atoms with Crippen molar-refractivity contribution in [1.82, 2.24) is 35.1 Å². The summed E-state index contributed by atoms with van der Waals surface area (Å²) in [7, 11) is 1.57. The van der Waals surface area contributed by atoms with Crippen molar-refractivity contribution in [2.45, 2.75) is 45.8 Å². The number of ether oxygens (including phenoxy) is 3. The van der Waals surface area contributed by atoms with Gasteiger partial charge in [-0.1, -0.05) is 6.07 Å². The first kappa shape index (κ1) is 33.4. The van der Waals surface area contributed by atoms with Crippen LogP contribution in [0.1, 0.15) is 51.0 Å². The molecular weight excluding hydrogens is 610 g/mol. The van der Waals surface area contributed by atoms with E-state index in [9.17, 15) is 14.4 Å². The van der Waals surface area contributed by atoms with Crippen molar-refractivity contribution in [3.63, 3.8) is 0 Å². The fourth-order valence-corrected chi connectivity index (χ4v) is 6.34. The third kappa shape index (κ3) is 7.56. The molecule has 0 saturated carbocycles. The lowest BCUT2D eigenvalue weighted by Crippen LogP contribution is -2.40. The average molecular weight is 652 g/mol. The van der Waals surface area contributed by atoms with Crippen molar-refractivity contribution in [2.24, 2.45) is 5.92 Å². The largest absolute Gasteiger partial charge is 0.493 e. The number of methoxy groups -OCH3 is 1. The summed E-state index contributed by atoms with van der Waals surface area (Å²) >= 11 is 0. The Kier molecular flexibility index (Phi) is 10.8. The predicted octanol–water partition coefficient (Wildman–Crippen LogP) is 1.29. The zero-order valence-corrected chi connectivity index (χ0v) is 26.9. The lowest BCUT2D eigenvalue weighted by atomic mass is 9.88. The van der Waals surface area contributed by atoms with E-state index in [0.717, 1.165) is 28.2 Å². The molecule has 252 valence electrons. The highest BCUT2D eigenvalue weighted by Crippen LogP contribution is 2.38. The second-order valence-electron chi connectivity index (χ2n) is 11.7. The van der Waals surface area contributed by atoms with Crippen LogP contribution in [-0.2, 0) is 38.7 Å². The van der Waals surface area contributed by atoms with E-state index < -0.39 is 5.92 Å². The number of carboxylic acid groups (broad SMARTS) is 1. The van der Waals surface area contributed by atoms with Crippen molar-refractivity contribution in [1.29, 1.82) is 0 Å². The van der Waals surface area contributed by atoms with E-state index in [1.807, 2.05) is 38.1 Å². The molecular formula is C32H41N7O8. The third-order valence-electron chi connectivity index (χ3n) is 8.72. The Morgan fingerprint density at radius 2 is 1.91 bits per heavy atom. The smallest absolute Gasteiger partial charge is 0.290 e. The van der Waals surface area contributed by atoms with Crippen LogP contribution in [0.5, 0.6) is 11.5 Å². The number of nitrogens with one attached hydrogen (secondary N) is 2. The van der Waals surface area contributed by atoms with E-state index >= 15 is 0 Å². The monoisotopic (exact) mass is 651 g/mol. The summed E-state index contributed by atoms with van der Waals surface area (Å²) in [6.45, 7) is 6.70. The number of H-pyrrole nitrogens is 1. The minimum absolute atomic E-state index is 0.0838. The summed E-state index contributed by atoms with van der Waals surface area (Å²) in [5.41, 5.74) is 4.75. The molecule has 0 spiro atoms. The van der Waals surface area contributed by atoms with Crippen LogP contribution in [0, 0.1) is 19.8 Å². The van der Waals surface area contributed by atoms with Gasteiger partial charge in [-0.2, -0.15) is 10.2 Å². The molecule has 0 unspecified atom stereocenters. The van der Waals surface area contributed by atoms with Crippen molar-refractivity contribution < 1.29 is 38.5 Å². The molecule has 1 fully saturated rings. The van der Waals surface area contributed by atoms with E-state index in [-0.39, 0.29) is 43.3 Å². The molecule has 0 radical (unpaired) electrons. The molecule has 15 heteroatoms. The molecule has 2 atom stereocenters. The Morgan fingerprint density at radius 3 is 2.66 bits per heavy atom. The predicted molar refractivity (Wildman–Crippen MR) is 167 cm³/mol. The molecule has 3 amide bonds. The number of rotatable bonds is 4. The number of fused-ring (bicyclic) bond motifs is 5. The number of likely N-dealkylation sites (tertiary alicyclic amines) is 1. The quantitative estimate of drug-likeness (QED) is 0.348. The van der Waals surface area contributed by atoms with Crippen LogP contribution in [-0.4, -0.2) is 112 Å². The summed E-state index contributed by atoms with van der Waals surface area (Å²) in [5.74, 6) is -0.00931. The minimum atomic E-state index is -0.447. The first-order valence-corrected chi connectivity index (χ1v) is 15.6. The number of hydrogen-bond acceptors (Lipinski definition) is 9. The summed E-state index contributed by atoms with van der Waals surface area (Å²) in [6.07, 6.45) is 1.24. The van der Waals surface area contributed by atoms with Gasteiger partial charge in [0.1, 0.15) is 13.2 Å². The van der Waals surface area contributed by atoms with Crippen LogP contribution in [0.4, 0.5) is 0 Å². The number of carbonyl (C=O) groups excluding carboxylic acids is 3. The maximum atomic E-state index is 13.6. The zero-order chi connectivity index (χ0) is 33.5. The molecule has 6 rings (SSSR count). The summed E-state index contributed by atoms with van der Waals surface area (Å²) < 4.78 is 19.1. The van der Waals surface area contributed by atoms with Gasteiger partial charge in [0.15, 0.2) is 17.2 Å². The third-order valence-corrected chi connectivity index (χ3v) is 8.72. The zero-order valence-electron chi connectivity index (χ0n) is 26.9. The number of aryl methyl sites for hydroxylation is 2. The van der Waals surface area contributed by atoms with Gasteiger partial charge in [0.2, 0.25) is 11.8 Å². The number of carbonyl (C=O) groups is 4. The number of benzene rings is 1. The van der Waals surface area contributed by atoms with Gasteiger partial charge in [0, 0.05) is 55.5 Å². The van der Waals surface area contributed by atoms with Crippen LogP contribution in [0.25, 0.3) is 0 Å². The van der Waals surface area contributed by atoms with Crippen molar-refractivity contribution in [2.75, 3.05) is 53.0 Å². The highest BCUT2D eigenvalue weighted by atomic mass is 16.5. The maximum absolute atomic E-state index is 13.6. The number of aromatic nitrogens is 4. The SMILES string of the molecule is COc1ccc2cc1OCCN(C(=O)c1n[nH]c3c1COCC3)CCCNC(=O)[C@H]1CN(C(=O)Cn3nc(C)cc3C)C[C@H]21.O=CO. The lowest BCUT2D eigenvalue weighted by molar-refractivity contribution is -0.131. The molecule has 0 aliphatic carbocycles. The van der Waals surface area contributed by atoms with Gasteiger partial charge in [-0.25, -0.2) is 0 Å². The molecule has 3 aliphatic rings. The first-order chi connectivity index (χ1) is 22.7. The summed E-state index contributed by atoms with van der Waals surface area (Å²) in [4.78, 5) is 52.4. The van der Waals surface area contributed by atoms with Crippen molar-refractivity contribution in [3.05, 3.63) is 58.2 Å². The second-order valence-corrected chi connectivity index (χ2v) is 11.7. The van der Waals surface area contributed by atoms with Gasteiger partial charge in [-0.05, 0) is 44.0 Å². The van der Waals surface area contributed by atoms with Crippen molar-refractivity contribution >= 4 is 24.2 Å². The molecule has 1 aromatic carbocycles. The molecule has 47 heavy (non-hydrogen) atoms. The van der Waals surface area contributed by atoms with Crippen molar-refractivity contribution in [3.8, 4) is 11.5 Å². The summed E-state index contributed by atoms with van der Waals surface area (Å²) in [5, 5.41) is 21.7. The molecule has 3 N–H and O–H groups in total. The van der Waals surface area contributed by atoms with Gasteiger partial charge in [0.05, 0.1) is 38.5 Å². The number of nitrogens with zero attached hydrogens (tertiary/aromatic N) is 5. The lowest BCUT2D eigenvalue weighted by Gasteiger charge is -2.25. The molecule has 2 bridgehead atoms. The Balaban J connectivity index is 0.00000139. The standard InChI is InChI=1S/C31H39N7O6.CH2O2/c1-19-13-20(2)38(35-19)17-28(39)37-15-22-21-5-6-26(42-3)27(14-21)44-12-10-36(9-4-8-32-30(40)23(22)16-37)31(41)29-24-18-43-11-7-25(24)33-34-29;2-1-3/h5-6,13-14,22-23H,4,7-12,15-18H2,1-3H3,(H,32,40)(H,33,34);1H,(H,2,3)/t22-,23+;/m1./s1. The first-order valence-electron chi connectivity index (χ1n) is 15.6. The number of aromatic amines is 1. The van der Waals surface area contributed by atoms with E-state index in [1.165, 1.54) is 0 Å². The van der Waals surface area contributed by atoms with Crippen LogP contribution >= 0.6 is 0 Å². The van der Waals surface area contributed by atoms with Crippen LogP contribution in [0.15, 0.2) is 24.3 Å². The molecule has 15 nitrogen and oxygen atoms in total. The van der Waals surface area contributed by atoms with Crippen LogP contribution < -0.4 is 14.8 Å². The van der Waals surface area contributed by atoms with Gasteiger partial charge in [-0.15, -0.1) is 0 Å². The molecule has 2 aromatic heterocycles. The van der Waals surface area contributed by atoms with E-state index in [0.29, 0.717) is 76.0 Å². The fraction of sp³-hybridized carbons (Fsp3) is 0.500. The van der Waals surface area contributed by atoms with Gasteiger partial charge in [-0.3, -0.25) is 29.0 Å². The van der Waals surface area contributed by atoms with E-state index in [4.69, 9.17) is 24.1 Å². The Bertz CT molecular complexity index is 1600. The summed E-state index contributed by atoms with van der Waals surface area (Å²) in [6, 6.07) is 7.58. The Morgan fingerprint density at radius 1 is 1.13 bits per heavy atom. The van der Waals surface area contributed by atoms with E-state index in [2.05, 4.69) is 20.6 Å². The Hall–Kier alpha value is -4.92. The molecule has 1 saturated heterocycles. The Labute approximate surface area is 272 Å². The topological polar surface area (TPSA) is 181 Å². The number of amides is 3. The second kappa shape index (κ2) is 15.1. The molecule has 3 aliphatic heterocycles. The average Bonchev–Trinajstić information content (AvgIpc) is 3.78. The van der Waals surface area contributed by atoms with Gasteiger partial charge in [0.25, 0.3) is 12.4 Å². The van der Waals surface area contributed by atoms with Gasteiger partial charge >= 0.3 is 0 Å². The molecule has 5 heterocycles. The minimum Gasteiger partial charge on any atom is -0.493 e. The normalized spacial score (nSPS) is 19.6. The number of hydrogen-bond donors (Lipinski definition) is 3. The van der Waals surface area contributed by atoms with Crippen LogP contribution in [0.3, 0.4) is 0 Å². The maximum Gasteiger partial charge on any atom is 0.290 e. The highest BCUT2D eigenvalue weighted by Gasteiger charge is 2.41. The van der Waals surface area contributed by atoms with Crippen LogP contribution in [0.2, 0.25) is 0 Å². The highest BCUT2D eigenvalue weighted by molar-refractivity contribution is 5.94.